The molecule has 1 aliphatic heterocycles. The average Bonchev–Trinajstić information content (AvgIpc) is 2.90. The van der Waals surface area contributed by atoms with Crippen molar-refractivity contribution in [1.82, 2.24) is 14.9 Å². The summed E-state index contributed by atoms with van der Waals surface area (Å²) in [6, 6.07) is 8.81. The zero-order chi connectivity index (χ0) is 27.5. The topological polar surface area (TPSA) is 73.5 Å². The number of anilines is 2. The number of nitrogens with zero attached hydrogens (tertiary/aromatic N) is 3. The van der Waals surface area contributed by atoms with Crippen molar-refractivity contribution in [3.05, 3.63) is 70.0 Å². The van der Waals surface area contributed by atoms with E-state index in [1.807, 2.05) is 6.07 Å². The van der Waals surface area contributed by atoms with Gasteiger partial charge in [-0.25, -0.2) is 13.8 Å². The van der Waals surface area contributed by atoms with E-state index in [4.69, 9.17) is 4.74 Å². The molecule has 0 spiro atoms. The van der Waals surface area contributed by atoms with E-state index in [-0.39, 0.29) is 30.0 Å². The van der Waals surface area contributed by atoms with Crippen LogP contribution in [0.5, 0.6) is 5.88 Å². The lowest BCUT2D eigenvalue weighted by Crippen LogP contribution is -2.55. The largest absolute Gasteiger partial charge is 0.477 e. The van der Waals surface area contributed by atoms with Gasteiger partial charge in [0.2, 0.25) is 11.4 Å². The Morgan fingerprint density at radius 3 is 2.59 bits per heavy atom. The number of aromatic nitrogens is 2. The van der Waals surface area contributed by atoms with Gasteiger partial charge in [0.05, 0.1) is 18.0 Å². The number of piperazine rings is 1. The molecule has 7 nitrogen and oxygen atoms in total. The summed E-state index contributed by atoms with van der Waals surface area (Å²) in [7, 11) is 2.11. The monoisotopic (exact) mass is 537 g/mol. The number of hydrogen-bond donors (Lipinski definition) is 2. The molecule has 5 rings (SSSR count). The van der Waals surface area contributed by atoms with E-state index in [1.165, 1.54) is 31.5 Å². The van der Waals surface area contributed by atoms with Crippen LogP contribution in [0.4, 0.5) is 20.2 Å². The fourth-order valence-electron chi connectivity index (χ4n) is 5.33. The lowest BCUT2D eigenvalue weighted by molar-refractivity contribution is 0.170. The lowest BCUT2D eigenvalue weighted by Gasteiger charge is -2.44. The first-order chi connectivity index (χ1) is 18.8. The Bertz CT molecular complexity index is 1350. The number of alkyl halides is 1. The predicted molar refractivity (Wildman–Crippen MR) is 151 cm³/mol. The van der Waals surface area contributed by atoms with Gasteiger partial charge in [0.25, 0.3) is 0 Å². The summed E-state index contributed by atoms with van der Waals surface area (Å²) < 4.78 is 35.3. The quantitative estimate of drug-likeness (QED) is 0.383. The first kappa shape index (κ1) is 27.1. The van der Waals surface area contributed by atoms with Gasteiger partial charge in [0.15, 0.2) is 0 Å². The number of aromatic amines is 1. The Hall–Kier alpha value is -3.46. The fraction of sp³-hybridized carbons (Fsp3) is 0.467. The number of benzene rings is 1. The van der Waals surface area contributed by atoms with E-state index in [0.717, 1.165) is 24.5 Å². The van der Waals surface area contributed by atoms with E-state index in [1.54, 1.807) is 24.4 Å². The number of pyridine rings is 2. The van der Waals surface area contributed by atoms with Crippen molar-refractivity contribution >= 4 is 11.4 Å². The lowest BCUT2D eigenvalue weighted by atomic mass is 9.86. The number of hydrogen-bond acceptors (Lipinski definition) is 6. The molecule has 2 aromatic heterocycles. The Balaban J connectivity index is 1.48. The summed E-state index contributed by atoms with van der Waals surface area (Å²) >= 11 is 0. The van der Waals surface area contributed by atoms with Crippen molar-refractivity contribution in [2.75, 3.05) is 37.0 Å². The van der Waals surface area contributed by atoms with Gasteiger partial charge in [-0.15, -0.1) is 0 Å². The molecule has 2 fully saturated rings. The first-order valence-corrected chi connectivity index (χ1v) is 13.7. The highest BCUT2D eigenvalue weighted by atomic mass is 19.1. The first-order valence-electron chi connectivity index (χ1n) is 13.7. The third-order valence-electron chi connectivity index (χ3n) is 8.24. The molecule has 1 aromatic carbocycles. The van der Waals surface area contributed by atoms with Crippen LogP contribution in [0.25, 0.3) is 11.1 Å². The number of ether oxygens (including phenoxy) is 1. The zero-order valence-electron chi connectivity index (χ0n) is 22.8. The maximum Gasteiger partial charge on any atom is 0.248 e. The van der Waals surface area contributed by atoms with Crippen LogP contribution in [-0.4, -0.2) is 53.7 Å². The minimum absolute atomic E-state index is 0.277. The second-order valence-corrected chi connectivity index (χ2v) is 10.9. The van der Waals surface area contributed by atoms with Crippen LogP contribution in [0, 0.1) is 11.7 Å². The smallest absolute Gasteiger partial charge is 0.248 e. The van der Waals surface area contributed by atoms with E-state index in [9.17, 15) is 9.18 Å². The van der Waals surface area contributed by atoms with E-state index >= 15 is 4.39 Å². The van der Waals surface area contributed by atoms with E-state index in [2.05, 4.69) is 46.0 Å². The molecule has 0 amide bonds. The van der Waals surface area contributed by atoms with Crippen molar-refractivity contribution in [2.24, 2.45) is 5.92 Å². The minimum Gasteiger partial charge on any atom is -0.477 e. The Labute approximate surface area is 228 Å². The van der Waals surface area contributed by atoms with Gasteiger partial charge in [-0.1, -0.05) is 6.42 Å². The SMILES string of the molecule is C[C@@H]1CN(c2cc(F)c(-c3ccnc(OCC4CCC4)c3)cc2NCc2c[nH]c(=O)cc2CF)C[C@H](C)N1C. The van der Waals surface area contributed by atoms with Crippen molar-refractivity contribution < 1.29 is 13.5 Å². The molecule has 3 heterocycles. The van der Waals surface area contributed by atoms with Gasteiger partial charge in [-0.2, -0.15) is 0 Å². The van der Waals surface area contributed by atoms with Crippen LogP contribution in [0.1, 0.15) is 44.2 Å². The van der Waals surface area contributed by atoms with Gasteiger partial charge >= 0.3 is 0 Å². The zero-order valence-corrected chi connectivity index (χ0v) is 22.8. The molecule has 1 aliphatic carbocycles. The van der Waals surface area contributed by atoms with Crippen LogP contribution >= 0.6 is 0 Å². The molecule has 3 aromatic rings. The summed E-state index contributed by atoms with van der Waals surface area (Å²) in [6.45, 7) is 5.98. The summed E-state index contributed by atoms with van der Waals surface area (Å²) in [4.78, 5) is 23.2. The van der Waals surface area contributed by atoms with Crippen LogP contribution < -0.4 is 20.5 Å². The second kappa shape index (κ2) is 11.7. The van der Waals surface area contributed by atoms with Gasteiger partial charge in [-0.3, -0.25) is 9.69 Å². The number of rotatable bonds is 9. The van der Waals surface area contributed by atoms with Gasteiger partial charge < -0.3 is 19.9 Å². The maximum absolute atomic E-state index is 15.8. The fourth-order valence-corrected chi connectivity index (χ4v) is 5.33. The molecule has 2 aliphatic rings. The predicted octanol–water partition coefficient (Wildman–Crippen LogP) is 5.37. The van der Waals surface area contributed by atoms with Gasteiger partial charge in [0, 0.05) is 61.8 Å². The molecular formula is C30H37F2N5O2. The van der Waals surface area contributed by atoms with Crippen molar-refractivity contribution in [2.45, 2.75) is 58.4 Å². The molecule has 0 unspecified atom stereocenters. The third kappa shape index (κ3) is 6.08. The molecule has 208 valence electrons. The number of likely N-dealkylation sites (N-methyl/N-ethyl adjacent to an activating group) is 1. The molecule has 2 N–H and O–H groups in total. The summed E-state index contributed by atoms with van der Waals surface area (Å²) in [5, 5.41) is 3.41. The van der Waals surface area contributed by atoms with Crippen LogP contribution in [0.2, 0.25) is 0 Å². The summed E-state index contributed by atoms with van der Waals surface area (Å²) in [6.07, 6.45) is 6.76. The normalized spacial score (nSPS) is 20.1. The minimum atomic E-state index is -0.739. The highest BCUT2D eigenvalue weighted by molar-refractivity contribution is 5.79. The van der Waals surface area contributed by atoms with Gasteiger partial charge in [0.1, 0.15) is 12.5 Å². The van der Waals surface area contributed by atoms with Crippen LogP contribution in [0.3, 0.4) is 0 Å². The number of halogens is 2. The van der Waals surface area contributed by atoms with Crippen molar-refractivity contribution in [1.29, 1.82) is 0 Å². The third-order valence-corrected chi connectivity index (χ3v) is 8.24. The number of H-pyrrole nitrogens is 1. The Morgan fingerprint density at radius 2 is 1.90 bits per heavy atom. The van der Waals surface area contributed by atoms with Crippen LogP contribution in [-0.2, 0) is 13.2 Å². The summed E-state index contributed by atoms with van der Waals surface area (Å²) in [5.41, 5.74) is 3.23. The molecule has 2 atom stereocenters. The maximum atomic E-state index is 15.8. The molecule has 0 bridgehead atoms. The summed E-state index contributed by atoms with van der Waals surface area (Å²) in [5.74, 6) is 0.720. The molecule has 9 heteroatoms. The second-order valence-electron chi connectivity index (χ2n) is 10.9. The van der Waals surface area contributed by atoms with Gasteiger partial charge in [-0.05, 0) is 74.5 Å². The number of nitrogens with one attached hydrogen (secondary N) is 2. The molecule has 1 saturated heterocycles. The molecule has 39 heavy (non-hydrogen) atoms. The van der Waals surface area contributed by atoms with Crippen molar-refractivity contribution in [3.63, 3.8) is 0 Å². The van der Waals surface area contributed by atoms with Crippen LogP contribution in [0.15, 0.2) is 47.5 Å². The Kier molecular flexibility index (Phi) is 8.16. The van der Waals surface area contributed by atoms with E-state index in [0.29, 0.717) is 40.7 Å². The Morgan fingerprint density at radius 1 is 1.13 bits per heavy atom. The highest BCUT2D eigenvalue weighted by Crippen LogP contribution is 2.37. The van der Waals surface area contributed by atoms with E-state index < -0.39 is 6.67 Å². The highest BCUT2D eigenvalue weighted by Gasteiger charge is 2.29. The average molecular weight is 538 g/mol. The van der Waals surface area contributed by atoms with Crippen molar-refractivity contribution in [3.8, 4) is 17.0 Å². The standard InChI is InChI=1S/C30H37F2N5O2/c1-19-16-37(17-20(2)36(19)3)28-12-26(32)25(22-7-8-33-30(10-22)39-18-21-5-4-6-21)11-27(28)34-14-24-15-35-29(38)9-23(24)13-31/h7-12,15,19-21,34H,4-6,13-14,16-18H2,1-3H3,(H,35,38)/t19-,20+. The molecular weight excluding hydrogens is 500 g/mol. The molecule has 1 saturated carbocycles. The molecule has 0 radical (unpaired) electrons.